The van der Waals surface area contributed by atoms with Gasteiger partial charge < -0.3 is 10.1 Å². The molecule has 0 atom stereocenters. The topological polar surface area (TPSA) is 21.3 Å². The van der Waals surface area contributed by atoms with Crippen LogP contribution in [0.15, 0.2) is 66.7 Å². The summed E-state index contributed by atoms with van der Waals surface area (Å²) < 4.78 is 5.95. The average Bonchev–Trinajstić information content (AvgIpc) is 2.52. The maximum atomic E-state index is 5.95. The average molecular weight is 263 g/mol. The van der Waals surface area contributed by atoms with Crippen molar-refractivity contribution in [2.75, 3.05) is 13.1 Å². The zero-order valence-electron chi connectivity index (χ0n) is 11.3. The van der Waals surface area contributed by atoms with Crippen LogP contribution in [-0.4, -0.2) is 13.1 Å². The van der Waals surface area contributed by atoms with Gasteiger partial charge in [-0.25, -0.2) is 0 Å². The van der Waals surface area contributed by atoms with E-state index in [4.69, 9.17) is 11.2 Å². The van der Waals surface area contributed by atoms with Gasteiger partial charge in [-0.3, -0.25) is 0 Å². The van der Waals surface area contributed by atoms with Gasteiger partial charge in [0.15, 0.2) is 0 Å². The molecule has 0 amide bonds. The molecule has 0 aromatic heterocycles. The molecule has 0 heterocycles. The van der Waals surface area contributed by atoms with Gasteiger partial charge in [0, 0.05) is 12.1 Å². The van der Waals surface area contributed by atoms with Gasteiger partial charge in [-0.15, -0.1) is 6.42 Å². The van der Waals surface area contributed by atoms with Crippen LogP contribution in [0.1, 0.15) is 5.56 Å². The molecule has 0 fully saturated rings. The van der Waals surface area contributed by atoms with E-state index in [9.17, 15) is 0 Å². The van der Waals surface area contributed by atoms with Crippen LogP contribution in [0.25, 0.3) is 5.76 Å². The van der Waals surface area contributed by atoms with E-state index in [2.05, 4.69) is 11.2 Å². The number of benzene rings is 2. The highest BCUT2D eigenvalue weighted by Crippen LogP contribution is 2.20. The Morgan fingerprint density at radius 3 is 2.35 bits per heavy atom. The first kappa shape index (κ1) is 13.9. The van der Waals surface area contributed by atoms with Crippen LogP contribution in [0.4, 0.5) is 0 Å². The molecule has 0 unspecified atom stereocenters. The third-order valence-electron chi connectivity index (χ3n) is 2.69. The summed E-state index contributed by atoms with van der Waals surface area (Å²) in [6.45, 7) is 1.21. The Morgan fingerprint density at radius 1 is 1.05 bits per heavy atom. The second kappa shape index (κ2) is 7.83. The summed E-state index contributed by atoms with van der Waals surface area (Å²) >= 11 is 0. The van der Waals surface area contributed by atoms with Crippen LogP contribution < -0.4 is 10.1 Å². The van der Waals surface area contributed by atoms with E-state index < -0.39 is 0 Å². The third kappa shape index (κ3) is 4.31. The van der Waals surface area contributed by atoms with Crippen molar-refractivity contribution < 1.29 is 4.74 Å². The quantitative estimate of drug-likeness (QED) is 0.490. The molecule has 2 aromatic rings. The summed E-state index contributed by atoms with van der Waals surface area (Å²) in [7, 11) is 0. The number of hydrogen-bond acceptors (Lipinski definition) is 2. The predicted octanol–water partition coefficient (Wildman–Crippen LogP) is 3.33. The molecule has 2 nitrogen and oxygen atoms in total. The molecule has 0 bridgehead atoms. The molecule has 0 aliphatic carbocycles. The first-order valence-corrected chi connectivity index (χ1v) is 6.53. The number of ether oxygens (including phenoxy) is 1. The van der Waals surface area contributed by atoms with Crippen LogP contribution in [0.2, 0.25) is 0 Å². The zero-order chi connectivity index (χ0) is 14.0. The fourth-order valence-corrected chi connectivity index (χ4v) is 1.75. The number of hydrogen-bond donors (Lipinski definition) is 1. The van der Waals surface area contributed by atoms with Gasteiger partial charge in [0.2, 0.25) is 0 Å². The minimum absolute atomic E-state index is 0.546. The molecule has 0 saturated heterocycles. The Balaban J connectivity index is 2.14. The summed E-state index contributed by atoms with van der Waals surface area (Å²) in [6, 6.07) is 19.8. The van der Waals surface area contributed by atoms with Crippen LogP contribution in [0.3, 0.4) is 0 Å². The number of para-hydroxylation sites is 1. The van der Waals surface area contributed by atoms with Crippen molar-refractivity contribution in [1.29, 1.82) is 0 Å². The van der Waals surface area contributed by atoms with Crippen molar-refractivity contribution in [2.24, 2.45) is 0 Å². The second-order valence-electron chi connectivity index (χ2n) is 4.18. The second-order valence-corrected chi connectivity index (χ2v) is 4.18. The van der Waals surface area contributed by atoms with Gasteiger partial charge >= 0.3 is 0 Å². The Morgan fingerprint density at radius 2 is 1.70 bits per heavy atom. The molecule has 0 aliphatic heterocycles. The number of rotatable bonds is 6. The van der Waals surface area contributed by atoms with Gasteiger partial charge in [-0.1, -0.05) is 54.5 Å². The summed E-state index contributed by atoms with van der Waals surface area (Å²) in [4.78, 5) is 0. The van der Waals surface area contributed by atoms with E-state index >= 15 is 0 Å². The summed E-state index contributed by atoms with van der Waals surface area (Å²) in [5, 5.41) is 3.13. The van der Waals surface area contributed by atoms with Crippen LogP contribution in [0.5, 0.6) is 5.75 Å². The monoisotopic (exact) mass is 263 g/mol. The van der Waals surface area contributed by atoms with Crippen molar-refractivity contribution in [2.45, 2.75) is 0 Å². The number of nitrogens with one attached hydrogen (secondary N) is 1. The SMILES string of the molecule is C#CCNC/C=C(/Oc1ccccc1)c1ccccc1. The molecule has 100 valence electrons. The highest BCUT2D eigenvalue weighted by atomic mass is 16.5. The smallest absolute Gasteiger partial charge is 0.131 e. The standard InChI is InChI=1S/C18H17NO/c1-2-14-19-15-13-18(16-9-5-3-6-10-16)20-17-11-7-4-8-12-17/h1,3-13,19H,14-15H2/b18-13+. The lowest BCUT2D eigenvalue weighted by Gasteiger charge is -2.10. The molecule has 1 N–H and O–H groups in total. The molecule has 2 rings (SSSR count). The molecule has 0 spiro atoms. The first-order valence-electron chi connectivity index (χ1n) is 6.53. The zero-order valence-corrected chi connectivity index (χ0v) is 11.3. The number of terminal acetylenes is 1. The maximum Gasteiger partial charge on any atom is 0.131 e. The molecular formula is C18H17NO. The summed E-state index contributed by atoms with van der Waals surface area (Å²) in [5.74, 6) is 4.19. The minimum atomic E-state index is 0.546. The predicted molar refractivity (Wildman–Crippen MR) is 83.2 cm³/mol. The third-order valence-corrected chi connectivity index (χ3v) is 2.69. The molecule has 0 saturated carbocycles. The van der Waals surface area contributed by atoms with E-state index in [-0.39, 0.29) is 0 Å². The lowest BCUT2D eigenvalue weighted by molar-refractivity contribution is 0.512. The lowest BCUT2D eigenvalue weighted by atomic mass is 10.2. The Labute approximate surface area is 120 Å². The maximum absolute atomic E-state index is 5.95. The molecule has 20 heavy (non-hydrogen) atoms. The van der Waals surface area contributed by atoms with Crippen LogP contribution in [-0.2, 0) is 0 Å². The van der Waals surface area contributed by atoms with Crippen molar-refractivity contribution in [1.82, 2.24) is 5.32 Å². The molecule has 0 aliphatic rings. The largest absolute Gasteiger partial charge is 0.457 e. The van der Waals surface area contributed by atoms with E-state index in [0.717, 1.165) is 17.1 Å². The highest BCUT2D eigenvalue weighted by Gasteiger charge is 2.03. The van der Waals surface area contributed by atoms with E-state index in [0.29, 0.717) is 13.1 Å². The highest BCUT2D eigenvalue weighted by molar-refractivity contribution is 5.62. The minimum Gasteiger partial charge on any atom is -0.457 e. The van der Waals surface area contributed by atoms with Gasteiger partial charge in [-0.2, -0.15) is 0 Å². The fourth-order valence-electron chi connectivity index (χ4n) is 1.75. The van der Waals surface area contributed by atoms with Gasteiger partial charge in [0.05, 0.1) is 6.54 Å². The molecule has 0 radical (unpaired) electrons. The van der Waals surface area contributed by atoms with Crippen molar-refractivity contribution in [3.63, 3.8) is 0 Å². The Hall–Kier alpha value is -2.50. The van der Waals surface area contributed by atoms with E-state index in [1.807, 2.05) is 66.7 Å². The molecule has 2 heteroatoms. The van der Waals surface area contributed by atoms with Gasteiger partial charge in [0.25, 0.3) is 0 Å². The summed E-state index contributed by atoms with van der Waals surface area (Å²) in [6.07, 6.45) is 7.22. The lowest BCUT2D eigenvalue weighted by Crippen LogP contribution is -2.14. The fraction of sp³-hybridized carbons (Fsp3) is 0.111. The Kier molecular flexibility index (Phi) is 5.45. The molecular weight excluding hydrogens is 246 g/mol. The van der Waals surface area contributed by atoms with Gasteiger partial charge in [0.1, 0.15) is 11.5 Å². The van der Waals surface area contributed by atoms with Crippen molar-refractivity contribution >= 4 is 5.76 Å². The molecule has 2 aromatic carbocycles. The van der Waals surface area contributed by atoms with Crippen molar-refractivity contribution in [3.8, 4) is 18.1 Å². The van der Waals surface area contributed by atoms with E-state index in [1.165, 1.54) is 0 Å². The van der Waals surface area contributed by atoms with Crippen LogP contribution in [0, 0.1) is 12.3 Å². The van der Waals surface area contributed by atoms with Crippen LogP contribution >= 0.6 is 0 Å². The van der Waals surface area contributed by atoms with E-state index in [1.54, 1.807) is 0 Å². The normalized spacial score (nSPS) is 10.8. The van der Waals surface area contributed by atoms with Gasteiger partial charge in [-0.05, 0) is 18.2 Å². The van der Waals surface area contributed by atoms with Crippen molar-refractivity contribution in [3.05, 3.63) is 72.3 Å². The Bertz CT molecular complexity index is 582. The summed E-state index contributed by atoms with van der Waals surface area (Å²) in [5.41, 5.74) is 1.04. The first-order chi connectivity index (χ1) is 9.90.